The van der Waals surface area contributed by atoms with Gasteiger partial charge in [-0.15, -0.1) is 4.73 Å². The molecule has 208 valence electrons. The zero-order chi connectivity index (χ0) is 28.0. The Balaban J connectivity index is 1.25. The van der Waals surface area contributed by atoms with Crippen molar-refractivity contribution >= 4 is 38.8 Å². The molecule has 14 heteroatoms. The summed E-state index contributed by atoms with van der Waals surface area (Å²) in [5.41, 5.74) is 1.75. The highest BCUT2D eigenvalue weighted by Gasteiger charge is 2.15. The number of hydrogen-bond donors (Lipinski definition) is 3. The minimum Gasteiger partial charge on any atom is -0.492 e. The molecule has 0 atom stereocenters. The van der Waals surface area contributed by atoms with E-state index in [9.17, 15) is 23.4 Å². The van der Waals surface area contributed by atoms with Crippen LogP contribution in [-0.2, 0) is 21.5 Å². The van der Waals surface area contributed by atoms with E-state index in [0.29, 0.717) is 38.9 Å². The summed E-state index contributed by atoms with van der Waals surface area (Å²) in [5, 5.41) is 19.3. The maximum Gasteiger partial charge on any atom is 0.333 e. The summed E-state index contributed by atoms with van der Waals surface area (Å²) in [5.74, 6) is -0.948. The van der Waals surface area contributed by atoms with Gasteiger partial charge in [0, 0.05) is 48.7 Å². The molecule has 4 aromatic rings. The van der Waals surface area contributed by atoms with Gasteiger partial charge in [0.25, 0.3) is 10.1 Å². The Morgan fingerprint density at radius 1 is 1.05 bits per heavy atom. The zero-order valence-corrected chi connectivity index (χ0v) is 22.3. The number of rotatable bonds is 13. The number of halogens is 1. The minimum absolute atomic E-state index is 0.0533. The first kappa shape index (κ1) is 28.2. The molecule has 0 unspecified atom stereocenters. The number of carbonyl (C=O) groups is 1. The molecular formula is C25H27ClN3O9S+. The van der Waals surface area contributed by atoms with Crippen molar-refractivity contribution in [2.24, 2.45) is 0 Å². The standard InChI is InChI=1S/C25H26ClN3O9S/c26-18-15-19-21(16-20(18)36-13-4-14-39(33,34)35)37-25(27-19)17-8-11-28(12-9-17)10-3-1-2-5-24(32)38-29-22(30)6-7-23(29)31/h6-9,11-12,15-16,27H,1-5,10,13-14H2,(H,33,34,35)/p+1. The third-order valence-corrected chi connectivity index (χ3v) is 6.77. The minimum atomic E-state index is -4.05. The number of pyridine rings is 1. The Bertz CT molecular complexity index is 1530. The van der Waals surface area contributed by atoms with Crippen LogP contribution < -0.4 is 14.1 Å². The number of hydrogen-bond acceptors (Lipinski definition) is 9. The van der Waals surface area contributed by atoms with Gasteiger partial charge in [0.05, 0.1) is 17.4 Å². The molecule has 3 aromatic heterocycles. The zero-order valence-electron chi connectivity index (χ0n) is 20.7. The number of aromatic nitrogens is 3. The lowest BCUT2D eigenvalue weighted by atomic mass is 10.2. The number of fused-ring (bicyclic) bond motifs is 1. The predicted molar refractivity (Wildman–Crippen MR) is 139 cm³/mol. The predicted octanol–water partition coefficient (Wildman–Crippen LogP) is 3.52. The van der Waals surface area contributed by atoms with Crippen LogP contribution in [0.5, 0.6) is 17.5 Å². The number of unbranched alkanes of at least 4 members (excludes halogenated alkanes) is 2. The van der Waals surface area contributed by atoms with E-state index in [1.54, 1.807) is 12.1 Å². The van der Waals surface area contributed by atoms with Gasteiger partial charge in [-0.1, -0.05) is 11.6 Å². The van der Waals surface area contributed by atoms with Crippen LogP contribution in [0.25, 0.3) is 22.6 Å². The maximum absolute atomic E-state index is 11.9. The van der Waals surface area contributed by atoms with Gasteiger partial charge in [0.15, 0.2) is 18.0 Å². The second-order valence-corrected chi connectivity index (χ2v) is 10.7. The van der Waals surface area contributed by atoms with E-state index < -0.39 is 21.8 Å². The molecule has 0 amide bonds. The molecule has 0 bridgehead atoms. The number of aromatic hydroxyl groups is 2. The highest BCUT2D eigenvalue weighted by Crippen LogP contribution is 2.32. The first-order valence-electron chi connectivity index (χ1n) is 12.1. The second kappa shape index (κ2) is 12.4. The van der Waals surface area contributed by atoms with Crippen molar-refractivity contribution in [1.29, 1.82) is 0 Å². The van der Waals surface area contributed by atoms with Gasteiger partial charge in [0.1, 0.15) is 17.8 Å². The van der Waals surface area contributed by atoms with Gasteiger partial charge in [-0.25, -0.2) is 14.3 Å². The lowest BCUT2D eigenvalue weighted by Gasteiger charge is -2.06. The molecule has 39 heavy (non-hydrogen) atoms. The molecule has 3 N–H and O–H groups in total. The fourth-order valence-corrected chi connectivity index (χ4v) is 4.41. The molecule has 1 aromatic carbocycles. The summed E-state index contributed by atoms with van der Waals surface area (Å²) in [4.78, 5) is 21.3. The number of oxazole rings is 1. The molecule has 0 saturated heterocycles. The summed E-state index contributed by atoms with van der Waals surface area (Å²) in [7, 11) is -4.05. The molecule has 0 saturated carbocycles. The van der Waals surface area contributed by atoms with Crippen LogP contribution in [0.1, 0.15) is 32.1 Å². The smallest absolute Gasteiger partial charge is 0.333 e. The summed E-state index contributed by atoms with van der Waals surface area (Å²) in [6, 6.07) is 9.37. The highest BCUT2D eigenvalue weighted by molar-refractivity contribution is 7.85. The fraction of sp³-hybridized carbons (Fsp3) is 0.320. The van der Waals surface area contributed by atoms with Crippen molar-refractivity contribution in [3.05, 3.63) is 53.8 Å². The molecule has 0 spiro atoms. The third kappa shape index (κ3) is 7.85. The lowest BCUT2D eigenvalue weighted by molar-refractivity contribution is -0.697. The number of nitrogens with zero attached hydrogens (tertiary/aromatic N) is 3. The fourth-order valence-electron chi connectivity index (χ4n) is 3.72. The van der Waals surface area contributed by atoms with Gasteiger partial charge in [-0.05, 0) is 25.3 Å². The SMILES string of the molecule is O=C(CCCCC[n+]1ccc(-c2nc3cc(Cl)c(OCCCS(=O)(=O)O)cc3o2)cc1)On1c(O)ccc1O. The van der Waals surface area contributed by atoms with E-state index in [1.165, 1.54) is 12.1 Å². The monoisotopic (exact) mass is 580 g/mol. The molecular weight excluding hydrogens is 554 g/mol. The highest BCUT2D eigenvalue weighted by atomic mass is 35.5. The van der Waals surface area contributed by atoms with Gasteiger partial charge >= 0.3 is 5.97 Å². The van der Waals surface area contributed by atoms with E-state index in [2.05, 4.69) is 4.98 Å². The number of benzene rings is 1. The molecule has 3 heterocycles. The molecule has 0 aliphatic rings. The van der Waals surface area contributed by atoms with E-state index in [-0.39, 0.29) is 31.2 Å². The van der Waals surface area contributed by atoms with Crippen molar-refractivity contribution in [2.75, 3.05) is 12.4 Å². The van der Waals surface area contributed by atoms with Crippen molar-refractivity contribution in [2.45, 2.75) is 38.6 Å². The van der Waals surface area contributed by atoms with Crippen LogP contribution in [0, 0.1) is 0 Å². The number of ether oxygens (including phenoxy) is 1. The maximum atomic E-state index is 11.9. The Morgan fingerprint density at radius 2 is 1.77 bits per heavy atom. The molecule has 0 fully saturated rings. The van der Waals surface area contributed by atoms with E-state index in [1.807, 2.05) is 29.1 Å². The normalized spacial score (nSPS) is 11.6. The average Bonchev–Trinajstić information content (AvgIpc) is 3.44. The van der Waals surface area contributed by atoms with Gasteiger partial charge < -0.3 is 24.2 Å². The van der Waals surface area contributed by atoms with E-state index >= 15 is 0 Å². The van der Waals surface area contributed by atoms with Crippen molar-refractivity contribution < 1.29 is 46.5 Å². The van der Waals surface area contributed by atoms with Gasteiger partial charge in [-0.3, -0.25) is 4.55 Å². The largest absolute Gasteiger partial charge is 0.492 e. The van der Waals surface area contributed by atoms with Crippen LogP contribution in [0.15, 0.2) is 53.2 Å². The third-order valence-electron chi connectivity index (χ3n) is 5.67. The molecule has 4 rings (SSSR count). The Morgan fingerprint density at radius 3 is 2.46 bits per heavy atom. The number of carbonyl (C=O) groups excluding carboxylic acids is 1. The van der Waals surface area contributed by atoms with Gasteiger partial charge in [0.2, 0.25) is 17.7 Å². The van der Waals surface area contributed by atoms with Crippen LogP contribution in [0.3, 0.4) is 0 Å². The molecule has 0 aliphatic carbocycles. The van der Waals surface area contributed by atoms with Crippen LogP contribution in [-0.4, -0.2) is 51.2 Å². The van der Waals surface area contributed by atoms with Crippen LogP contribution in [0.2, 0.25) is 5.02 Å². The lowest BCUT2D eigenvalue weighted by Crippen LogP contribution is -2.32. The second-order valence-electron chi connectivity index (χ2n) is 8.70. The van der Waals surface area contributed by atoms with Crippen LogP contribution >= 0.6 is 11.6 Å². The summed E-state index contributed by atoms with van der Waals surface area (Å²) < 4.78 is 44.5. The quantitative estimate of drug-likeness (QED) is 0.121. The first-order chi connectivity index (χ1) is 18.6. The summed E-state index contributed by atoms with van der Waals surface area (Å²) in [6.07, 6.45) is 6.25. The molecule has 0 aliphatic heterocycles. The Hall–Kier alpha value is -3.81. The first-order valence-corrected chi connectivity index (χ1v) is 14.1. The molecule has 12 nitrogen and oxygen atoms in total. The molecule has 0 radical (unpaired) electrons. The average molecular weight is 581 g/mol. The Labute approximate surface area is 228 Å². The van der Waals surface area contributed by atoms with Crippen molar-refractivity contribution in [3.63, 3.8) is 0 Å². The summed E-state index contributed by atoms with van der Waals surface area (Å²) >= 11 is 6.26. The van der Waals surface area contributed by atoms with Crippen molar-refractivity contribution in [1.82, 2.24) is 9.71 Å². The van der Waals surface area contributed by atoms with Crippen LogP contribution in [0.4, 0.5) is 0 Å². The van der Waals surface area contributed by atoms with E-state index in [4.69, 9.17) is 30.1 Å². The van der Waals surface area contributed by atoms with Crippen molar-refractivity contribution in [3.8, 4) is 29.0 Å². The number of aryl methyl sites for hydroxylation is 1. The Kier molecular flexibility index (Phi) is 8.94. The van der Waals surface area contributed by atoms with Gasteiger partial charge in [-0.2, -0.15) is 8.42 Å². The van der Waals surface area contributed by atoms with E-state index in [0.717, 1.165) is 24.9 Å². The topological polar surface area (TPSA) is 165 Å². The summed E-state index contributed by atoms with van der Waals surface area (Å²) in [6.45, 7) is 0.785.